The highest BCUT2D eigenvalue weighted by molar-refractivity contribution is 5.92. The highest BCUT2D eigenvalue weighted by Crippen LogP contribution is 2.21. The van der Waals surface area contributed by atoms with E-state index in [4.69, 9.17) is 9.63 Å². The molecule has 0 saturated heterocycles. The second-order valence-electron chi connectivity index (χ2n) is 4.93. The summed E-state index contributed by atoms with van der Waals surface area (Å²) in [5.74, 6) is -1.35. The molecule has 0 bridgehead atoms. The number of nitrogens with zero attached hydrogens (tertiary/aromatic N) is 1. The minimum absolute atomic E-state index is 0.0263. The van der Waals surface area contributed by atoms with E-state index in [9.17, 15) is 9.59 Å². The Morgan fingerprint density at radius 1 is 1.56 bits per heavy atom. The largest absolute Gasteiger partial charge is 0.481 e. The molecule has 18 heavy (non-hydrogen) atoms. The quantitative estimate of drug-likeness (QED) is 0.832. The number of aromatic nitrogens is 1. The van der Waals surface area contributed by atoms with Gasteiger partial charge in [-0.05, 0) is 19.8 Å². The number of hydrogen-bond acceptors (Lipinski definition) is 4. The van der Waals surface area contributed by atoms with Gasteiger partial charge < -0.3 is 14.9 Å². The molecule has 1 unspecified atom stereocenters. The van der Waals surface area contributed by atoms with Crippen molar-refractivity contribution in [2.75, 3.05) is 0 Å². The molecule has 1 atom stereocenters. The van der Waals surface area contributed by atoms with E-state index in [0.717, 1.165) is 0 Å². The van der Waals surface area contributed by atoms with Crippen LogP contribution in [0.15, 0.2) is 10.6 Å². The first-order valence-electron chi connectivity index (χ1n) is 5.72. The Morgan fingerprint density at radius 2 is 2.17 bits per heavy atom. The molecule has 0 saturated carbocycles. The maximum atomic E-state index is 11.9. The number of carbonyl (C=O) groups is 2. The van der Waals surface area contributed by atoms with Gasteiger partial charge in [0.05, 0.1) is 17.7 Å². The minimum atomic E-state index is -0.958. The fraction of sp³-hybridized carbons (Fsp3) is 0.583. The molecule has 0 aliphatic rings. The predicted octanol–water partition coefficient (Wildman–Crippen LogP) is 1.60. The van der Waals surface area contributed by atoms with E-state index in [1.165, 1.54) is 6.07 Å². The Labute approximate surface area is 105 Å². The number of carboxylic acid groups (broad SMARTS) is 1. The molecule has 0 fully saturated rings. The lowest BCUT2D eigenvalue weighted by molar-refractivity contribution is -0.138. The van der Waals surface area contributed by atoms with Crippen molar-refractivity contribution >= 4 is 11.9 Å². The van der Waals surface area contributed by atoms with Crippen LogP contribution in [0.25, 0.3) is 0 Å². The third kappa shape index (κ3) is 3.32. The fourth-order valence-corrected chi connectivity index (χ4v) is 1.50. The van der Waals surface area contributed by atoms with Crippen LogP contribution in [-0.4, -0.2) is 27.7 Å². The van der Waals surface area contributed by atoms with Crippen molar-refractivity contribution in [2.45, 2.75) is 39.7 Å². The van der Waals surface area contributed by atoms with Crippen molar-refractivity contribution in [3.63, 3.8) is 0 Å². The molecule has 1 aromatic heterocycles. The first-order valence-corrected chi connectivity index (χ1v) is 5.72. The molecule has 1 aromatic rings. The standard InChI is InChI=1S/C12H18N2O4/c1-7(2)12(4,6-10(15)16)13-11(17)9-5-8(3)14-18-9/h5,7H,6H2,1-4H3,(H,13,17)(H,15,16). The van der Waals surface area contributed by atoms with Gasteiger partial charge in [-0.1, -0.05) is 19.0 Å². The van der Waals surface area contributed by atoms with Crippen LogP contribution in [-0.2, 0) is 4.79 Å². The van der Waals surface area contributed by atoms with Gasteiger partial charge in [0.1, 0.15) is 0 Å². The van der Waals surface area contributed by atoms with Crippen molar-refractivity contribution in [1.29, 1.82) is 0 Å². The lowest BCUT2D eigenvalue weighted by Gasteiger charge is -2.32. The van der Waals surface area contributed by atoms with Crippen LogP contribution in [0.2, 0.25) is 0 Å². The molecule has 1 rings (SSSR count). The molecule has 100 valence electrons. The van der Waals surface area contributed by atoms with E-state index in [0.29, 0.717) is 5.69 Å². The molecule has 0 aliphatic heterocycles. The van der Waals surface area contributed by atoms with Crippen molar-refractivity contribution < 1.29 is 19.2 Å². The summed E-state index contributed by atoms with van der Waals surface area (Å²) in [5.41, 5.74) is -0.228. The number of aryl methyl sites for hydroxylation is 1. The normalized spacial score (nSPS) is 14.3. The SMILES string of the molecule is Cc1cc(C(=O)NC(C)(CC(=O)O)C(C)C)on1. The Bertz CT molecular complexity index is 453. The Balaban J connectivity index is 2.84. The number of carboxylic acids is 1. The van der Waals surface area contributed by atoms with Gasteiger partial charge in [-0.25, -0.2) is 0 Å². The second-order valence-corrected chi connectivity index (χ2v) is 4.93. The van der Waals surface area contributed by atoms with Gasteiger partial charge in [-0.15, -0.1) is 0 Å². The number of aliphatic carboxylic acids is 1. The summed E-state index contributed by atoms with van der Waals surface area (Å²) in [7, 11) is 0. The van der Waals surface area contributed by atoms with Crippen LogP contribution in [0.5, 0.6) is 0 Å². The van der Waals surface area contributed by atoms with Crippen LogP contribution in [0.1, 0.15) is 43.4 Å². The molecular weight excluding hydrogens is 236 g/mol. The third-order valence-corrected chi connectivity index (χ3v) is 3.04. The molecule has 1 heterocycles. The monoisotopic (exact) mass is 254 g/mol. The first-order chi connectivity index (χ1) is 8.24. The number of rotatable bonds is 5. The summed E-state index contributed by atoms with van der Waals surface area (Å²) in [5, 5.41) is 15.2. The van der Waals surface area contributed by atoms with Crippen molar-refractivity contribution in [1.82, 2.24) is 10.5 Å². The highest BCUT2D eigenvalue weighted by Gasteiger charge is 2.33. The van der Waals surface area contributed by atoms with Gasteiger partial charge in [-0.3, -0.25) is 9.59 Å². The molecule has 6 nitrogen and oxygen atoms in total. The van der Waals surface area contributed by atoms with Crippen LogP contribution in [0, 0.1) is 12.8 Å². The summed E-state index contributed by atoms with van der Waals surface area (Å²) in [6, 6.07) is 1.51. The third-order valence-electron chi connectivity index (χ3n) is 3.04. The Morgan fingerprint density at radius 3 is 2.56 bits per heavy atom. The summed E-state index contributed by atoms with van der Waals surface area (Å²) in [4.78, 5) is 22.8. The zero-order chi connectivity index (χ0) is 13.9. The zero-order valence-corrected chi connectivity index (χ0v) is 11.0. The maximum absolute atomic E-state index is 11.9. The molecule has 2 N–H and O–H groups in total. The van der Waals surface area contributed by atoms with E-state index in [-0.39, 0.29) is 18.1 Å². The topological polar surface area (TPSA) is 92.4 Å². The summed E-state index contributed by atoms with van der Waals surface area (Å²) < 4.78 is 4.85. The van der Waals surface area contributed by atoms with Gasteiger partial charge in [-0.2, -0.15) is 0 Å². The lowest BCUT2D eigenvalue weighted by atomic mass is 9.85. The fourth-order valence-electron chi connectivity index (χ4n) is 1.50. The first kappa shape index (κ1) is 14.2. The lowest BCUT2D eigenvalue weighted by Crippen LogP contribution is -2.51. The van der Waals surface area contributed by atoms with Gasteiger partial charge in [0, 0.05) is 6.07 Å². The summed E-state index contributed by atoms with van der Waals surface area (Å²) >= 11 is 0. The van der Waals surface area contributed by atoms with Gasteiger partial charge in [0.25, 0.3) is 5.91 Å². The van der Waals surface area contributed by atoms with E-state index in [2.05, 4.69) is 10.5 Å². The van der Waals surface area contributed by atoms with Crippen molar-refractivity contribution in [2.24, 2.45) is 5.92 Å². The molecule has 0 aromatic carbocycles. The van der Waals surface area contributed by atoms with E-state index >= 15 is 0 Å². The van der Waals surface area contributed by atoms with E-state index in [1.54, 1.807) is 13.8 Å². The van der Waals surface area contributed by atoms with Gasteiger partial charge in [0.2, 0.25) is 5.76 Å². The van der Waals surface area contributed by atoms with Crippen LogP contribution in [0.3, 0.4) is 0 Å². The van der Waals surface area contributed by atoms with E-state index in [1.807, 2.05) is 13.8 Å². The zero-order valence-electron chi connectivity index (χ0n) is 11.0. The van der Waals surface area contributed by atoms with Gasteiger partial charge in [0.15, 0.2) is 0 Å². The second kappa shape index (κ2) is 5.20. The molecule has 1 amide bonds. The number of carbonyl (C=O) groups excluding carboxylic acids is 1. The smallest absolute Gasteiger partial charge is 0.305 e. The number of hydrogen-bond donors (Lipinski definition) is 2. The van der Waals surface area contributed by atoms with Crippen molar-refractivity contribution in [3.05, 3.63) is 17.5 Å². The average molecular weight is 254 g/mol. The summed E-state index contributed by atoms with van der Waals surface area (Å²) in [6.07, 6.45) is -0.149. The van der Waals surface area contributed by atoms with Crippen LogP contribution < -0.4 is 5.32 Å². The average Bonchev–Trinajstić information content (AvgIpc) is 2.63. The molecule has 0 aliphatic carbocycles. The molecule has 6 heteroatoms. The molecular formula is C12H18N2O4. The van der Waals surface area contributed by atoms with Crippen molar-refractivity contribution in [3.8, 4) is 0 Å². The van der Waals surface area contributed by atoms with Gasteiger partial charge >= 0.3 is 5.97 Å². The van der Waals surface area contributed by atoms with Crippen LogP contribution in [0.4, 0.5) is 0 Å². The maximum Gasteiger partial charge on any atom is 0.305 e. The van der Waals surface area contributed by atoms with E-state index < -0.39 is 17.4 Å². The molecule has 0 radical (unpaired) electrons. The predicted molar refractivity (Wildman–Crippen MR) is 64.2 cm³/mol. The number of amides is 1. The molecule has 0 spiro atoms. The Kier molecular flexibility index (Phi) is 4.11. The highest BCUT2D eigenvalue weighted by atomic mass is 16.5. The minimum Gasteiger partial charge on any atom is -0.481 e. The van der Waals surface area contributed by atoms with Crippen LogP contribution >= 0.6 is 0 Å². The number of nitrogens with one attached hydrogen (secondary N) is 1. The summed E-state index contributed by atoms with van der Waals surface area (Å²) in [6.45, 7) is 7.12. The Hall–Kier alpha value is -1.85.